The van der Waals surface area contributed by atoms with Crippen LogP contribution < -0.4 is 10.8 Å². The molecule has 0 spiro atoms. The number of amides is 3. The van der Waals surface area contributed by atoms with Crippen molar-refractivity contribution in [2.75, 3.05) is 20.7 Å². The summed E-state index contributed by atoms with van der Waals surface area (Å²) in [4.78, 5) is 37.6. The average Bonchev–Trinajstić information content (AvgIpc) is 3.20. The maximum Gasteiger partial charge on any atom is 0.275 e. The molecular weight excluding hydrogens is 400 g/mol. The smallest absolute Gasteiger partial charge is 0.275 e. The number of aliphatic hydroxyl groups excluding tert-OH is 1. The van der Waals surface area contributed by atoms with Gasteiger partial charge >= 0.3 is 0 Å². The number of likely N-dealkylation sites (N-methyl/N-ethyl adjacent to an activating group) is 2. The van der Waals surface area contributed by atoms with Crippen LogP contribution in [0.1, 0.15) is 10.4 Å². The largest absolute Gasteiger partial charge is 0.395 e. The highest BCUT2D eigenvalue weighted by Gasteiger charge is 2.33. The van der Waals surface area contributed by atoms with Crippen molar-refractivity contribution in [3.05, 3.63) is 60.3 Å². The fraction of sp³-hybridized carbons (Fsp3) is 0.227. The van der Waals surface area contributed by atoms with Crippen molar-refractivity contribution < 1.29 is 24.7 Å². The summed E-state index contributed by atoms with van der Waals surface area (Å²) < 4.78 is 1.97. The molecular formula is C22H24N4O5. The highest BCUT2D eigenvalue weighted by atomic mass is 16.5. The zero-order valence-electron chi connectivity index (χ0n) is 17.2. The van der Waals surface area contributed by atoms with E-state index in [1.165, 1.54) is 19.6 Å². The molecule has 1 atom stereocenters. The number of carbonyl (C=O) groups excluding carboxylic acids is 3. The van der Waals surface area contributed by atoms with E-state index in [2.05, 4.69) is 5.32 Å². The number of hydroxylamine groups is 1. The molecule has 3 rings (SSSR count). The van der Waals surface area contributed by atoms with Crippen molar-refractivity contribution in [3.63, 3.8) is 0 Å². The number of carbonyl (C=O) groups is 3. The van der Waals surface area contributed by atoms with Crippen LogP contribution in [-0.2, 0) is 16.1 Å². The van der Waals surface area contributed by atoms with Gasteiger partial charge in [0.05, 0.1) is 6.61 Å². The Morgan fingerprint density at radius 3 is 2.32 bits per heavy atom. The summed E-state index contributed by atoms with van der Waals surface area (Å²) in [6.45, 7) is 0.592. The molecule has 9 nitrogen and oxygen atoms in total. The van der Waals surface area contributed by atoms with E-state index >= 15 is 0 Å². The van der Waals surface area contributed by atoms with E-state index in [0.717, 1.165) is 26.9 Å². The number of hydrogen-bond acceptors (Lipinski definition) is 5. The summed E-state index contributed by atoms with van der Waals surface area (Å²) in [7, 11) is 2.65. The molecule has 9 heteroatoms. The molecule has 0 bridgehead atoms. The first-order chi connectivity index (χ1) is 14.9. The van der Waals surface area contributed by atoms with Gasteiger partial charge in [-0.2, -0.15) is 0 Å². The number of rotatable bonds is 7. The van der Waals surface area contributed by atoms with Crippen LogP contribution in [0.2, 0.25) is 0 Å². The number of nitrogens with zero attached hydrogens (tertiary/aromatic N) is 2. The second-order valence-corrected chi connectivity index (χ2v) is 6.99. The molecule has 162 valence electrons. The van der Waals surface area contributed by atoms with E-state index in [-0.39, 0.29) is 6.61 Å². The second-order valence-electron chi connectivity index (χ2n) is 6.99. The number of fused-ring (bicyclic) bond motifs is 1. The normalized spacial score (nSPS) is 11.7. The first kappa shape index (κ1) is 22.0. The maximum absolute atomic E-state index is 12.8. The van der Waals surface area contributed by atoms with Crippen LogP contribution in [0.4, 0.5) is 0 Å². The van der Waals surface area contributed by atoms with Crippen molar-refractivity contribution in [1.29, 1.82) is 0 Å². The molecule has 0 saturated carbocycles. The first-order valence-corrected chi connectivity index (χ1v) is 9.64. The van der Waals surface area contributed by atoms with Gasteiger partial charge in [0.15, 0.2) is 6.04 Å². The Morgan fingerprint density at radius 1 is 1.03 bits per heavy atom. The molecule has 4 N–H and O–H groups in total. The third kappa shape index (κ3) is 4.42. The lowest BCUT2D eigenvalue weighted by atomic mass is 10.0. The quantitative estimate of drug-likeness (QED) is 0.256. The summed E-state index contributed by atoms with van der Waals surface area (Å²) in [5.74, 6) is -2.27. The summed E-state index contributed by atoms with van der Waals surface area (Å²) in [5.41, 5.74) is 4.59. The van der Waals surface area contributed by atoms with Gasteiger partial charge < -0.3 is 19.9 Å². The predicted molar refractivity (Wildman–Crippen MR) is 114 cm³/mol. The van der Waals surface area contributed by atoms with Gasteiger partial charge in [0.25, 0.3) is 17.7 Å². The molecule has 0 aliphatic heterocycles. The van der Waals surface area contributed by atoms with Crippen molar-refractivity contribution in [1.82, 2.24) is 20.3 Å². The highest BCUT2D eigenvalue weighted by Crippen LogP contribution is 2.26. The molecule has 0 radical (unpaired) electrons. The minimum Gasteiger partial charge on any atom is -0.395 e. The fourth-order valence-corrected chi connectivity index (χ4v) is 3.48. The molecule has 2 aromatic carbocycles. The molecule has 31 heavy (non-hydrogen) atoms. The molecule has 0 saturated heterocycles. The first-order valence-electron chi connectivity index (χ1n) is 9.64. The van der Waals surface area contributed by atoms with E-state index < -0.39 is 23.8 Å². The van der Waals surface area contributed by atoms with Crippen LogP contribution in [0.5, 0.6) is 0 Å². The number of aromatic nitrogens is 1. The van der Waals surface area contributed by atoms with Gasteiger partial charge in [-0.25, -0.2) is 5.48 Å². The Kier molecular flexibility index (Phi) is 6.68. The number of hydrogen-bond donors (Lipinski definition) is 4. The van der Waals surface area contributed by atoms with Crippen LogP contribution in [0.25, 0.3) is 22.0 Å². The molecule has 1 unspecified atom stereocenters. The van der Waals surface area contributed by atoms with Gasteiger partial charge in [-0.05, 0) is 41.5 Å². The van der Waals surface area contributed by atoms with Gasteiger partial charge in [0.2, 0.25) is 0 Å². The third-order valence-corrected chi connectivity index (χ3v) is 5.14. The number of nitrogens with one attached hydrogen (secondary N) is 2. The van der Waals surface area contributed by atoms with Gasteiger partial charge in [-0.1, -0.05) is 18.2 Å². The monoisotopic (exact) mass is 424 g/mol. The predicted octanol–water partition coefficient (Wildman–Crippen LogP) is 0.993. The Balaban J connectivity index is 1.83. The van der Waals surface area contributed by atoms with Crippen LogP contribution in [-0.4, -0.2) is 64.2 Å². The van der Waals surface area contributed by atoms with Gasteiger partial charge in [-0.3, -0.25) is 19.6 Å². The SMILES string of the molecule is CNC(=O)C(C(=O)NO)N(C)C(=O)c1ccc(-c2ccc3c(ccn3CCO)c2)cc1. The summed E-state index contributed by atoms with van der Waals surface area (Å²) in [6, 6.07) is 13.3. The molecule has 1 aromatic heterocycles. The third-order valence-electron chi connectivity index (χ3n) is 5.14. The van der Waals surface area contributed by atoms with Crippen LogP contribution in [0.15, 0.2) is 54.7 Å². The minimum absolute atomic E-state index is 0.0657. The Bertz CT molecular complexity index is 1090. The van der Waals surface area contributed by atoms with E-state index in [0.29, 0.717) is 12.1 Å². The number of aliphatic hydroxyl groups is 1. The van der Waals surface area contributed by atoms with Gasteiger partial charge in [-0.15, -0.1) is 0 Å². The fourth-order valence-electron chi connectivity index (χ4n) is 3.48. The van der Waals surface area contributed by atoms with Crippen molar-refractivity contribution in [2.24, 2.45) is 0 Å². The topological polar surface area (TPSA) is 124 Å². The zero-order chi connectivity index (χ0) is 22.5. The lowest BCUT2D eigenvalue weighted by Crippen LogP contribution is -2.54. The average molecular weight is 424 g/mol. The maximum atomic E-state index is 12.8. The van der Waals surface area contributed by atoms with Gasteiger partial charge in [0, 0.05) is 43.3 Å². The van der Waals surface area contributed by atoms with E-state index in [4.69, 9.17) is 10.3 Å². The zero-order valence-corrected chi connectivity index (χ0v) is 17.2. The molecule has 0 fully saturated rings. The van der Waals surface area contributed by atoms with Crippen LogP contribution >= 0.6 is 0 Å². The van der Waals surface area contributed by atoms with E-state index in [1.807, 2.05) is 35.0 Å². The van der Waals surface area contributed by atoms with E-state index in [9.17, 15) is 14.4 Å². The van der Waals surface area contributed by atoms with E-state index in [1.54, 1.807) is 24.3 Å². The molecule has 0 aliphatic rings. The Hall–Kier alpha value is -3.69. The number of benzene rings is 2. The van der Waals surface area contributed by atoms with Crippen LogP contribution in [0, 0.1) is 0 Å². The summed E-state index contributed by atoms with van der Waals surface area (Å²) >= 11 is 0. The van der Waals surface area contributed by atoms with Crippen molar-refractivity contribution >= 4 is 28.6 Å². The Labute approximate surface area is 178 Å². The van der Waals surface area contributed by atoms with Crippen molar-refractivity contribution in [2.45, 2.75) is 12.6 Å². The molecule has 0 aliphatic carbocycles. The minimum atomic E-state index is -1.51. The standard InChI is InChI=1S/C22H24N4O5/c1-23-20(28)19(21(29)24-31)25(2)22(30)15-5-3-14(4-6-15)16-7-8-18-17(13-16)9-10-26(18)11-12-27/h3-10,13,19,27,31H,11-12H2,1-2H3,(H,23,28)(H,24,29). The van der Waals surface area contributed by atoms with Crippen LogP contribution in [0.3, 0.4) is 0 Å². The Morgan fingerprint density at radius 2 is 1.71 bits per heavy atom. The molecule has 1 heterocycles. The van der Waals surface area contributed by atoms with Gasteiger partial charge in [0.1, 0.15) is 0 Å². The highest BCUT2D eigenvalue weighted by molar-refractivity contribution is 6.08. The summed E-state index contributed by atoms with van der Waals surface area (Å²) in [6.07, 6.45) is 1.92. The second kappa shape index (κ2) is 9.41. The lowest BCUT2D eigenvalue weighted by molar-refractivity contribution is -0.140. The summed E-state index contributed by atoms with van der Waals surface area (Å²) in [5, 5.41) is 21.4. The van der Waals surface area contributed by atoms with Crippen molar-refractivity contribution in [3.8, 4) is 11.1 Å². The molecule has 3 aromatic rings. The lowest BCUT2D eigenvalue weighted by Gasteiger charge is -2.25. The molecule has 3 amide bonds.